The van der Waals surface area contributed by atoms with E-state index in [9.17, 15) is 10.1 Å². The van der Waals surface area contributed by atoms with E-state index < -0.39 is 39.4 Å². The van der Waals surface area contributed by atoms with Crippen molar-refractivity contribution in [2.45, 2.75) is 10.8 Å². The number of hydrogen-bond donors (Lipinski definition) is 0. The number of ether oxygens (including phenoxy) is 2. The average Bonchev–Trinajstić information content (AvgIpc) is 3.67. The summed E-state index contributed by atoms with van der Waals surface area (Å²) >= 11 is 0. The second kappa shape index (κ2) is 11.4. The summed E-state index contributed by atoms with van der Waals surface area (Å²) in [6.07, 6.45) is 0. The fourth-order valence-corrected chi connectivity index (χ4v) is 8.62. The van der Waals surface area contributed by atoms with Gasteiger partial charge in [0.05, 0.1) is 47.5 Å². The van der Waals surface area contributed by atoms with Crippen LogP contribution in [0.5, 0.6) is 11.5 Å². The van der Waals surface area contributed by atoms with E-state index in [1.807, 2.05) is 109 Å². The molecule has 2 fully saturated rings. The number of benzene rings is 5. The normalized spacial score (nSPS) is 23.7. The summed E-state index contributed by atoms with van der Waals surface area (Å²) in [5.41, 5.74) is 0.736. The smallest absolute Gasteiger partial charge is 0.269 e. The number of fused-ring (bicyclic) bond motifs is 5. The molecular formula is C41H30N2O7. The van der Waals surface area contributed by atoms with Gasteiger partial charge >= 0.3 is 0 Å². The van der Waals surface area contributed by atoms with Crippen LogP contribution in [0.3, 0.4) is 0 Å². The van der Waals surface area contributed by atoms with Crippen molar-refractivity contribution in [3.63, 3.8) is 0 Å². The summed E-state index contributed by atoms with van der Waals surface area (Å²) in [5, 5.41) is 11.5. The first-order valence-electron chi connectivity index (χ1n) is 16.1. The number of carbonyl (C=O) groups is 3. The molecule has 2 amide bonds. The van der Waals surface area contributed by atoms with Crippen molar-refractivity contribution < 1.29 is 28.8 Å². The topological polar surface area (TPSA) is 116 Å². The molecule has 5 aromatic rings. The van der Waals surface area contributed by atoms with Crippen molar-refractivity contribution in [1.82, 2.24) is 0 Å². The molecule has 2 aliphatic carbocycles. The number of rotatable bonds is 8. The minimum atomic E-state index is -1.59. The summed E-state index contributed by atoms with van der Waals surface area (Å²) in [6.45, 7) is 0. The molecule has 8 rings (SSSR count). The second-order valence-electron chi connectivity index (χ2n) is 12.6. The van der Waals surface area contributed by atoms with E-state index in [4.69, 9.17) is 9.47 Å². The Kier molecular flexibility index (Phi) is 7.04. The van der Waals surface area contributed by atoms with Crippen LogP contribution in [0.1, 0.15) is 22.3 Å². The van der Waals surface area contributed by atoms with Crippen LogP contribution >= 0.6 is 0 Å². The molecule has 1 heterocycles. The van der Waals surface area contributed by atoms with Gasteiger partial charge in [-0.25, -0.2) is 4.90 Å². The maximum atomic E-state index is 16.0. The molecule has 0 radical (unpaired) electrons. The van der Waals surface area contributed by atoms with E-state index in [1.54, 1.807) is 14.2 Å². The van der Waals surface area contributed by atoms with Crippen LogP contribution in [0.25, 0.3) is 11.1 Å². The number of anilines is 1. The number of nitrogens with zero attached hydrogens (tertiary/aromatic N) is 2. The lowest BCUT2D eigenvalue weighted by Gasteiger charge is -2.39. The molecule has 0 aromatic heterocycles. The highest BCUT2D eigenvalue weighted by Crippen LogP contribution is 2.74. The van der Waals surface area contributed by atoms with E-state index >= 15 is 14.4 Å². The van der Waals surface area contributed by atoms with Crippen LogP contribution in [0, 0.1) is 22.0 Å². The first-order valence-corrected chi connectivity index (χ1v) is 16.1. The highest BCUT2D eigenvalue weighted by Gasteiger charge is 2.82. The number of nitro groups is 1. The Bertz CT molecular complexity index is 2090. The Labute approximate surface area is 287 Å². The first-order chi connectivity index (χ1) is 24.3. The molecular weight excluding hydrogens is 632 g/mol. The van der Waals surface area contributed by atoms with Gasteiger partial charge in [0.1, 0.15) is 11.5 Å². The van der Waals surface area contributed by atoms with E-state index in [2.05, 4.69) is 0 Å². The molecule has 1 saturated carbocycles. The van der Waals surface area contributed by atoms with Crippen LogP contribution in [0.15, 0.2) is 133 Å². The van der Waals surface area contributed by atoms with Gasteiger partial charge in [-0.15, -0.1) is 0 Å². The molecule has 9 nitrogen and oxygen atoms in total. The maximum absolute atomic E-state index is 16.0. The Balaban J connectivity index is 1.51. The van der Waals surface area contributed by atoms with Crippen molar-refractivity contribution >= 4 is 40.1 Å². The Morgan fingerprint density at radius 2 is 0.980 bits per heavy atom. The number of imide groups is 1. The lowest BCUT2D eigenvalue weighted by molar-refractivity contribution is -0.384. The quantitative estimate of drug-likeness (QED) is 0.102. The zero-order chi connectivity index (χ0) is 34.8. The number of hydrogen-bond acceptors (Lipinski definition) is 7. The van der Waals surface area contributed by atoms with Crippen molar-refractivity contribution in [3.8, 4) is 11.5 Å². The molecule has 4 atom stereocenters. The van der Waals surface area contributed by atoms with E-state index in [-0.39, 0.29) is 17.2 Å². The van der Waals surface area contributed by atoms with Gasteiger partial charge in [-0.2, -0.15) is 0 Å². The molecule has 9 heteroatoms. The van der Waals surface area contributed by atoms with Crippen molar-refractivity contribution in [2.24, 2.45) is 11.8 Å². The standard InChI is InChI=1S/C41H30N2O7/c1-49-31-21-13-25(14-22-31)33-34(26-15-23-32(50-2)24-16-26)41(28-11-7-4-8-12-28)36-35(40(33,39(41)46)27-9-5-3-6-10-27)37(44)42(38(36)45)29-17-19-30(20-18-29)43(47)48/h3-24,35-36H,1-2H3/t35-,36-,40+,41+/m0/s1. The number of carbonyl (C=O) groups excluding carboxylic acids is 3. The predicted octanol–water partition coefficient (Wildman–Crippen LogP) is 6.80. The van der Waals surface area contributed by atoms with Crippen molar-refractivity contribution in [2.75, 3.05) is 19.1 Å². The average molecular weight is 663 g/mol. The molecule has 50 heavy (non-hydrogen) atoms. The van der Waals surface area contributed by atoms with Gasteiger partial charge in [-0.3, -0.25) is 24.5 Å². The molecule has 3 aliphatic rings. The van der Waals surface area contributed by atoms with E-state index in [1.165, 1.54) is 24.3 Å². The number of nitro benzene ring substituents is 1. The van der Waals surface area contributed by atoms with Crippen LogP contribution in [0.4, 0.5) is 11.4 Å². The highest BCUT2D eigenvalue weighted by molar-refractivity contribution is 6.39. The predicted molar refractivity (Wildman–Crippen MR) is 187 cm³/mol. The Morgan fingerprint density at radius 1 is 0.580 bits per heavy atom. The molecule has 2 bridgehead atoms. The lowest BCUT2D eigenvalue weighted by atomic mass is 9.59. The minimum absolute atomic E-state index is 0.171. The largest absolute Gasteiger partial charge is 0.497 e. The van der Waals surface area contributed by atoms with E-state index in [0.29, 0.717) is 44.9 Å². The lowest BCUT2D eigenvalue weighted by Crippen LogP contribution is -2.45. The maximum Gasteiger partial charge on any atom is 0.269 e. The summed E-state index contributed by atoms with van der Waals surface area (Å²) in [7, 11) is 3.16. The summed E-state index contributed by atoms with van der Waals surface area (Å²) in [4.78, 5) is 58.2. The Hall–Kier alpha value is -6.35. The monoisotopic (exact) mass is 662 g/mol. The third kappa shape index (κ3) is 3.97. The summed E-state index contributed by atoms with van der Waals surface area (Å²) in [5.74, 6) is -2.34. The SMILES string of the molecule is COc1ccc(C2=C(c3ccc(OC)cc3)[C@@]3(c4ccccc4)C(=O)[C@@]2(c2ccccc2)[C@@H]2C(=O)N(c4ccc([N+](=O)[O-])cc4)C(=O)[C@H]23)cc1. The molecule has 1 saturated heterocycles. The van der Waals surface area contributed by atoms with Gasteiger partial charge in [0, 0.05) is 12.1 Å². The highest BCUT2D eigenvalue weighted by atomic mass is 16.6. The second-order valence-corrected chi connectivity index (χ2v) is 12.6. The molecule has 5 aromatic carbocycles. The summed E-state index contributed by atoms with van der Waals surface area (Å²) in [6, 6.07) is 38.6. The third-order valence-electron chi connectivity index (χ3n) is 10.5. The van der Waals surface area contributed by atoms with Gasteiger partial charge < -0.3 is 9.47 Å². The third-order valence-corrected chi connectivity index (χ3v) is 10.5. The fourth-order valence-electron chi connectivity index (χ4n) is 8.62. The van der Waals surface area contributed by atoms with Crippen LogP contribution in [-0.4, -0.2) is 36.7 Å². The van der Waals surface area contributed by atoms with Crippen LogP contribution in [-0.2, 0) is 25.2 Å². The van der Waals surface area contributed by atoms with Gasteiger partial charge in [0.15, 0.2) is 5.78 Å². The summed E-state index contributed by atoms with van der Waals surface area (Å²) < 4.78 is 11.0. The fraction of sp³-hybridized carbons (Fsp3) is 0.146. The van der Waals surface area contributed by atoms with Crippen molar-refractivity contribution in [3.05, 3.63) is 166 Å². The molecule has 246 valence electrons. The molecule has 0 N–H and O–H groups in total. The number of methoxy groups -OCH3 is 2. The number of amides is 2. The number of non-ortho nitro benzene ring substituents is 1. The van der Waals surface area contributed by atoms with Gasteiger partial charge in [-0.05, 0) is 69.8 Å². The van der Waals surface area contributed by atoms with Gasteiger partial charge in [0.25, 0.3) is 5.69 Å². The Morgan fingerprint density at radius 3 is 1.34 bits per heavy atom. The minimum Gasteiger partial charge on any atom is -0.497 e. The van der Waals surface area contributed by atoms with Gasteiger partial charge in [0.2, 0.25) is 11.8 Å². The first kappa shape index (κ1) is 31.0. The molecule has 1 aliphatic heterocycles. The molecule has 0 spiro atoms. The molecule has 0 unspecified atom stereocenters. The zero-order valence-electron chi connectivity index (χ0n) is 27.1. The number of ketones is 1. The van der Waals surface area contributed by atoms with Crippen LogP contribution in [0.2, 0.25) is 0 Å². The number of Topliss-reactive ketones (excluding diaryl/α,β-unsaturated/α-hetero) is 1. The zero-order valence-corrected chi connectivity index (χ0v) is 27.1. The van der Waals surface area contributed by atoms with Crippen LogP contribution < -0.4 is 14.4 Å². The number of allylic oxidation sites excluding steroid dienone is 2. The van der Waals surface area contributed by atoms with Crippen molar-refractivity contribution in [1.29, 1.82) is 0 Å². The van der Waals surface area contributed by atoms with E-state index in [0.717, 1.165) is 4.90 Å². The van der Waals surface area contributed by atoms with Gasteiger partial charge in [-0.1, -0.05) is 84.9 Å².